The molecule has 0 saturated carbocycles. The van der Waals surface area contributed by atoms with Gasteiger partial charge in [0.2, 0.25) is 0 Å². The maximum atomic E-state index is 12.3. The summed E-state index contributed by atoms with van der Waals surface area (Å²) in [6, 6.07) is 16.8. The first-order chi connectivity index (χ1) is 11.1. The number of ether oxygens (including phenoxy) is 1. The van der Waals surface area contributed by atoms with Gasteiger partial charge in [0, 0.05) is 0 Å². The Morgan fingerprint density at radius 1 is 1.12 bits per heavy atom. The zero-order valence-electron chi connectivity index (χ0n) is 14.0. The van der Waals surface area contributed by atoms with Crippen LogP contribution in [0.3, 0.4) is 0 Å². The van der Waals surface area contributed by atoms with Crippen LogP contribution in [-0.2, 0) is 0 Å². The van der Waals surface area contributed by atoms with Crippen LogP contribution in [0.5, 0.6) is 5.75 Å². The van der Waals surface area contributed by atoms with Crippen LogP contribution in [0.25, 0.3) is 0 Å². The fraction of sp³-hybridized carbons (Fsp3) is 0.316. The Labute approximate surface area is 149 Å². The van der Waals surface area contributed by atoms with Crippen LogP contribution in [0.1, 0.15) is 35.4 Å². The summed E-state index contributed by atoms with van der Waals surface area (Å²) in [5, 5.41) is 12.3. The first-order valence-electron chi connectivity index (χ1n) is 7.86. The van der Waals surface area contributed by atoms with Gasteiger partial charge in [-0.05, 0) is 24.6 Å². The van der Waals surface area contributed by atoms with Gasteiger partial charge in [0.15, 0.2) is 5.78 Å². The number of aliphatic hydroxyl groups excluding tert-OH is 1. The lowest BCUT2D eigenvalue weighted by Gasteiger charge is -2.17. The predicted octanol–water partition coefficient (Wildman–Crippen LogP) is -1.04. The van der Waals surface area contributed by atoms with E-state index in [9.17, 15) is 9.90 Å². The molecular formula is C19H24ClNO3. The third-order valence-electron chi connectivity index (χ3n) is 3.96. The Morgan fingerprint density at radius 3 is 2.42 bits per heavy atom. The molecule has 5 heteroatoms. The third-order valence-corrected chi connectivity index (χ3v) is 3.96. The highest BCUT2D eigenvalue weighted by Gasteiger charge is 2.19. The summed E-state index contributed by atoms with van der Waals surface area (Å²) in [5.74, 6) is 0.662. The minimum absolute atomic E-state index is 0. The molecule has 0 aliphatic carbocycles. The summed E-state index contributed by atoms with van der Waals surface area (Å²) in [5.41, 5.74) is 1.51. The molecule has 2 aromatic rings. The first-order valence-corrected chi connectivity index (χ1v) is 7.86. The number of carbonyl (C=O) groups excluding carboxylic acids is 1. The molecule has 2 rings (SSSR count). The molecule has 0 spiro atoms. The molecule has 0 saturated heterocycles. The molecule has 0 fully saturated rings. The van der Waals surface area contributed by atoms with Gasteiger partial charge in [-0.2, -0.15) is 0 Å². The van der Waals surface area contributed by atoms with Crippen LogP contribution < -0.4 is 22.5 Å². The smallest absolute Gasteiger partial charge is 0.172 e. The second-order valence-corrected chi connectivity index (χ2v) is 5.61. The standard InChI is InChI=1S/C19H23NO3.ClH/c1-14(19(22)15-8-4-3-5-9-15)20-13-12-17(21)16-10-6-7-11-18(16)23-2;/h3-11,14,19-20,22H,12-13H2,1-2H3;1H. The van der Waals surface area contributed by atoms with E-state index in [1.807, 2.05) is 54.7 Å². The normalized spacial score (nSPS) is 12.8. The van der Waals surface area contributed by atoms with E-state index in [1.54, 1.807) is 19.2 Å². The van der Waals surface area contributed by atoms with Crippen molar-refractivity contribution in [3.05, 3.63) is 65.7 Å². The number of rotatable bonds is 8. The third kappa shape index (κ3) is 5.34. The monoisotopic (exact) mass is 349 g/mol. The van der Waals surface area contributed by atoms with Crippen LogP contribution in [0.4, 0.5) is 0 Å². The van der Waals surface area contributed by atoms with Crippen LogP contribution >= 0.6 is 0 Å². The Morgan fingerprint density at radius 2 is 1.75 bits per heavy atom. The number of halogens is 1. The minimum atomic E-state index is -0.544. The quantitative estimate of drug-likeness (QED) is 0.598. The number of benzene rings is 2. The fourth-order valence-electron chi connectivity index (χ4n) is 2.57. The minimum Gasteiger partial charge on any atom is -1.00 e. The summed E-state index contributed by atoms with van der Waals surface area (Å²) in [6.07, 6.45) is -0.135. The first kappa shape index (κ1) is 20.2. The van der Waals surface area contributed by atoms with Crippen molar-refractivity contribution in [1.82, 2.24) is 0 Å². The number of methoxy groups -OCH3 is 1. The maximum Gasteiger partial charge on any atom is 0.172 e. The fourth-order valence-corrected chi connectivity index (χ4v) is 2.57. The average molecular weight is 350 g/mol. The maximum absolute atomic E-state index is 12.3. The Hall–Kier alpha value is -1.88. The molecule has 2 aromatic carbocycles. The number of aliphatic hydroxyl groups is 1. The van der Waals surface area contributed by atoms with Crippen molar-refractivity contribution in [2.24, 2.45) is 0 Å². The zero-order valence-corrected chi connectivity index (χ0v) is 14.7. The molecule has 0 radical (unpaired) electrons. The summed E-state index contributed by atoms with van der Waals surface area (Å²) in [4.78, 5) is 12.3. The van der Waals surface area contributed by atoms with E-state index < -0.39 is 6.10 Å². The van der Waals surface area contributed by atoms with Crippen molar-refractivity contribution < 1.29 is 32.4 Å². The Kier molecular flexibility index (Phi) is 8.47. The number of para-hydroxylation sites is 1. The summed E-state index contributed by atoms with van der Waals surface area (Å²) in [7, 11) is 1.57. The predicted molar refractivity (Wildman–Crippen MR) is 89.6 cm³/mol. The van der Waals surface area contributed by atoms with Crippen LogP contribution in [0.2, 0.25) is 0 Å². The van der Waals surface area contributed by atoms with E-state index in [0.717, 1.165) is 5.56 Å². The van der Waals surface area contributed by atoms with Crippen molar-refractivity contribution in [2.45, 2.75) is 25.5 Å². The van der Waals surface area contributed by atoms with Crippen molar-refractivity contribution in [3.63, 3.8) is 0 Å². The van der Waals surface area contributed by atoms with E-state index in [1.165, 1.54) is 0 Å². The molecule has 0 bridgehead atoms. The molecule has 130 valence electrons. The molecule has 0 amide bonds. The molecular weight excluding hydrogens is 326 g/mol. The van der Waals surface area contributed by atoms with Crippen LogP contribution in [0, 0.1) is 0 Å². The van der Waals surface area contributed by atoms with Crippen LogP contribution in [-0.4, -0.2) is 30.6 Å². The van der Waals surface area contributed by atoms with Crippen molar-refractivity contribution in [1.29, 1.82) is 0 Å². The van der Waals surface area contributed by atoms with E-state index in [4.69, 9.17) is 4.74 Å². The van der Waals surface area contributed by atoms with Gasteiger partial charge in [0.1, 0.15) is 17.9 Å². The SMILES string of the molecule is COc1ccccc1C(=O)CC[NH2+]C(C)C(O)c1ccccc1.[Cl-]. The molecule has 0 aliphatic heterocycles. The Bertz CT molecular complexity index is 634. The summed E-state index contributed by atoms with van der Waals surface area (Å²) in [6.45, 7) is 2.59. The van der Waals surface area contributed by atoms with Crippen molar-refractivity contribution in [3.8, 4) is 5.75 Å². The lowest BCUT2D eigenvalue weighted by molar-refractivity contribution is -0.693. The van der Waals surface area contributed by atoms with Gasteiger partial charge >= 0.3 is 0 Å². The largest absolute Gasteiger partial charge is 1.00 e. The number of hydrogen-bond donors (Lipinski definition) is 2. The molecule has 0 heterocycles. The molecule has 4 nitrogen and oxygen atoms in total. The topological polar surface area (TPSA) is 63.1 Å². The second kappa shape index (κ2) is 10.1. The second-order valence-electron chi connectivity index (χ2n) is 5.61. The highest BCUT2D eigenvalue weighted by molar-refractivity contribution is 5.98. The number of nitrogens with two attached hydrogens (primary N) is 1. The number of Topliss-reactive ketones (excluding diaryl/α,β-unsaturated/α-hetero) is 1. The van der Waals surface area contributed by atoms with Gasteiger partial charge in [0.05, 0.1) is 25.6 Å². The number of ketones is 1. The van der Waals surface area contributed by atoms with Crippen molar-refractivity contribution in [2.75, 3.05) is 13.7 Å². The van der Waals surface area contributed by atoms with Gasteiger partial charge in [-0.1, -0.05) is 42.5 Å². The van der Waals surface area contributed by atoms with Gasteiger partial charge in [-0.15, -0.1) is 0 Å². The zero-order chi connectivity index (χ0) is 16.7. The molecule has 0 aromatic heterocycles. The lowest BCUT2D eigenvalue weighted by Crippen LogP contribution is -3.00. The van der Waals surface area contributed by atoms with E-state index in [0.29, 0.717) is 24.3 Å². The van der Waals surface area contributed by atoms with Crippen LogP contribution in [0.15, 0.2) is 54.6 Å². The molecule has 24 heavy (non-hydrogen) atoms. The van der Waals surface area contributed by atoms with E-state index in [-0.39, 0.29) is 24.2 Å². The van der Waals surface area contributed by atoms with Gasteiger partial charge in [-0.3, -0.25) is 4.79 Å². The number of carbonyl (C=O) groups is 1. The molecule has 0 aliphatic rings. The van der Waals surface area contributed by atoms with E-state index >= 15 is 0 Å². The molecule has 2 unspecified atom stereocenters. The van der Waals surface area contributed by atoms with Gasteiger partial charge in [0.25, 0.3) is 0 Å². The van der Waals surface area contributed by atoms with E-state index in [2.05, 4.69) is 0 Å². The highest BCUT2D eigenvalue weighted by atomic mass is 35.5. The highest BCUT2D eigenvalue weighted by Crippen LogP contribution is 2.18. The molecule has 2 atom stereocenters. The number of quaternary nitrogens is 1. The summed E-state index contributed by atoms with van der Waals surface area (Å²) >= 11 is 0. The van der Waals surface area contributed by atoms with Crippen molar-refractivity contribution >= 4 is 5.78 Å². The Balaban J connectivity index is 0.00000288. The molecule has 3 N–H and O–H groups in total. The van der Waals surface area contributed by atoms with Gasteiger partial charge in [-0.25, -0.2) is 0 Å². The van der Waals surface area contributed by atoms with Gasteiger partial charge < -0.3 is 27.6 Å². The summed E-state index contributed by atoms with van der Waals surface area (Å²) < 4.78 is 5.22. The number of hydrogen-bond acceptors (Lipinski definition) is 3. The average Bonchev–Trinajstić information content (AvgIpc) is 2.61. The lowest BCUT2D eigenvalue weighted by atomic mass is 10.0.